The van der Waals surface area contributed by atoms with Gasteiger partial charge in [0.1, 0.15) is 5.75 Å². The number of benzene rings is 1. The van der Waals surface area contributed by atoms with E-state index in [0.29, 0.717) is 12.1 Å². The van der Waals surface area contributed by atoms with Crippen LogP contribution in [0, 0.1) is 12.3 Å². The van der Waals surface area contributed by atoms with Crippen molar-refractivity contribution in [3.8, 4) is 5.75 Å². The van der Waals surface area contributed by atoms with E-state index in [0.717, 1.165) is 31.5 Å². The predicted molar refractivity (Wildman–Crippen MR) is 82.6 cm³/mol. The van der Waals surface area contributed by atoms with Crippen molar-refractivity contribution < 1.29 is 9.90 Å². The Bertz CT molecular complexity index is 471. The Labute approximate surface area is 126 Å². The summed E-state index contributed by atoms with van der Waals surface area (Å²) in [5, 5.41) is 16.0. The smallest absolute Gasteiger partial charge is 0.255 e. The fraction of sp³-hybridized carbons (Fsp3) is 0.533. The molecule has 1 aromatic carbocycles. The van der Waals surface area contributed by atoms with E-state index < -0.39 is 0 Å². The molecule has 1 saturated heterocycles. The van der Waals surface area contributed by atoms with Crippen LogP contribution in [0.2, 0.25) is 0 Å². The number of piperidine rings is 1. The number of carbonyl (C=O) groups is 1. The van der Waals surface area contributed by atoms with Gasteiger partial charge in [0.2, 0.25) is 0 Å². The zero-order valence-corrected chi connectivity index (χ0v) is 12.8. The minimum absolute atomic E-state index is 0. The molecule has 112 valence electrons. The van der Waals surface area contributed by atoms with Crippen molar-refractivity contribution >= 4 is 18.3 Å². The zero-order chi connectivity index (χ0) is 13.9. The lowest BCUT2D eigenvalue weighted by Gasteiger charge is -2.34. The first-order valence-electron chi connectivity index (χ1n) is 6.79. The number of phenolic OH excluding ortho intramolecular Hbond substituents is 1. The van der Waals surface area contributed by atoms with Gasteiger partial charge in [-0.25, -0.2) is 0 Å². The van der Waals surface area contributed by atoms with Gasteiger partial charge in [0.05, 0.1) is 5.56 Å². The first kappa shape index (κ1) is 16.8. The van der Waals surface area contributed by atoms with Crippen LogP contribution in [0.5, 0.6) is 5.75 Å². The maximum atomic E-state index is 12.1. The Kier molecular flexibility index (Phi) is 5.84. The number of carbonyl (C=O) groups excluding carboxylic acids is 1. The van der Waals surface area contributed by atoms with E-state index in [1.54, 1.807) is 18.2 Å². The number of rotatable bonds is 3. The fourth-order valence-electron chi connectivity index (χ4n) is 2.49. The standard InChI is InChI=1S/C15H22N2O2.ClH/c1-11-4-5-13(18)12(8-11)14(19)17-10-15(2)6-3-7-16-9-15;/h4-5,8,16,18H,3,6-7,9-10H2,1-2H3,(H,17,19);1H. The second-order valence-corrected chi connectivity index (χ2v) is 5.79. The number of hydrogen-bond acceptors (Lipinski definition) is 3. The van der Waals surface area contributed by atoms with Crippen LogP contribution in [0.4, 0.5) is 0 Å². The van der Waals surface area contributed by atoms with Gasteiger partial charge in [0.25, 0.3) is 5.91 Å². The van der Waals surface area contributed by atoms with Gasteiger partial charge in [0.15, 0.2) is 0 Å². The van der Waals surface area contributed by atoms with E-state index >= 15 is 0 Å². The Morgan fingerprint density at radius 2 is 2.25 bits per heavy atom. The van der Waals surface area contributed by atoms with Crippen molar-refractivity contribution in [2.75, 3.05) is 19.6 Å². The summed E-state index contributed by atoms with van der Waals surface area (Å²) in [5.74, 6) is -0.164. The van der Waals surface area contributed by atoms with Crippen molar-refractivity contribution in [2.24, 2.45) is 5.41 Å². The van der Waals surface area contributed by atoms with Crippen molar-refractivity contribution in [1.29, 1.82) is 0 Å². The second-order valence-electron chi connectivity index (χ2n) is 5.79. The molecule has 1 fully saturated rings. The largest absolute Gasteiger partial charge is 0.507 e. The van der Waals surface area contributed by atoms with Crippen molar-refractivity contribution in [1.82, 2.24) is 10.6 Å². The summed E-state index contributed by atoms with van der Waals surface area (Å²) in [6.45, 7) is 6.69. The minimum Gasteiger partial charge on any atom is -0.507 e. The highest BCUT2D eigenvalue weighted by Crippen LogP contribution is 2.25. The predicted octanol–water partition coefficient (Wildman–Crippen LogP) is 2.24. The van der Waals surface area contributed by atoms with Crippen LogP contribution in [0.1, 0.15) is 35.7 Å². The molecule has 0 saturated carbocycles. The lowest BCUT2D eigenvalue weighted by molar-refractivity contribution is 0.0922. The summed E-state index contributed by atoms with van der Waals surface area (Å²) in [6.07, 6.45) is 2.25. The molecule has 0 bridgehead atoms. The molecule has 0 aliphatic carbocycles. The van der Waals surface area contributed by atoms with Crippen LogP contribution in [0.15, 0.2) is 18.2 Å². The van der Waals surface area contributed by atoms with E-state index in [1.807, 2.05) is 6.92 Å². The molecule has 20 heavy (non-hydrogen) atoms. The first-order valence-corrected chi connectivity index (χ1v) is 6.79. The number of hydrogen-bond donors (Lipinski definition) is 3. The van der Waals surface area contributed by atoms with E-state index in [4.69, 9.17) is 0 Å². The summed E-state index contributed by atoms with van der Waals surface area (Å²) in [5.41, 5.74) is 1.42. The highest BCUT2D eigenvalue weighted by molar-refractivity contribution is 5.97. The topological polar surface area (TPSA) is 61.4 Å². The van der Waals surface area contributed by atoms with Gasteiger partial charge in [0, 0.05) is 13.1 Å². The van der Waals surface area contributed by atoms with Crippen LogP contribution in [0.25, 0.3) is 0 Å². The van der Waals surface area contributed by atoms with Gasteiger partial charge in [-0.15, -0.1) is 12.4 Å². The number of nitrogens with one attached hydrogen (secondary N) is 2. The fourth-order valence-corrected chi connectivity index (χ4v) is 2.49. The van der Waals surface area contributed by atoms with Crippen molar-refractivity contribution in [2.45, 2.75) is 26.7 Å². The van der Waals surface area contributed by atoms with E-state index in [9.17, 15) is 9.90 Å². The maximum absolute atomic E-state index is 12.1. The molecule has 0 spiro atoms. The normalized spacial score (nSPS) is 21.9. The average Bonchev–Trinajstić information content (AvgIpc) is 2.40. The molecule has 1 atom stereocenters. The highest BCUT2D eigenvalue weighted by Gasteiger charge is 2.27. The molecule has 2 rings (SSSR count). The third-order valence-corrected chi connectivity index (χ3v) is 3.76. The quantitative estimate of drug-likeness (QED) is 0.802. The monoisotopic (exact) mass is 298 g/mol. The van der Waals surface area contributed by atoms with Gasteiger partial charge in [-0.05, 0) is 43.9 Å². The van der Waals surface area contributed by atoms with Crippen LogP contribution < -0.4 is 10.6 Å². The molecule has 1 aliphatic rings. The molecule has 0 radical (unpaired) electrons. The molecule has 1 heterocycles. The average molecular weight is 299 g/mol. The number of phenols is 1. The van der Waals surface area contributed by atoms with E-state index in [-0.39, 0.29) is 29.5 Å². The molecule has 5 heteroatoms. The SMILES string of the molecule is Cc1ccc(O)c(C(=O)NCC2(C)CCCNC2)c1.Cl. The number of aryl methyl sites for hydroxylation is 1. The molecule has 1 aliphatic heterocycles. The van der Waals surface area contributed by atoms with E-state index in [1.165, 1.54) is 0 Å². The molecule has 1 amide bonds. The van der Waals surface area contributed by atoms with Gasteiger partial charge >= 0.3 is 0 Å². The summed E-state index contributed by atoms with van der Waals surface area (Å²) in [4.78, 5) is 12.1. The molecular weight excluding hydrogens is 276 g/mol. The Morgan fingerprint density at radius 3 is 2.90 bits per heavy atom. The number of aromatic hydroxyl groups is 1. The Balaban J connectivity index is 0.00000200. The third kappa shape index (κ3) is 4.12. The van der Waals surface area contributed by atoms with Gasteiger partial charge in [-0.1, -0.05) is 18.6 Å². The Morgan fingerprint density at radius 1 is 1.50 bits per heavy atom. The van der Waals surface area contributed by atoms with Crippen LogP contribution in [-0.2, 0) is 0 Å². The Hall–Kier alpha value is -1.26. The summed E-state index contributed by atoms with van der Waals surface area (Å²) in [6, 6.07) is 5.07. The maximum Gasteiger partial charge on any atom is 0.255 e. The molecule has 0 aromatic heterocycles. The molecule has 3 N–H and O–H groups in total. The lowest BCUT2D eigenvalue weighted by Crippen LogP contribution is -2.45. The van der Waals surface area contributed by atoms with E-state index in [2.05, 4.69) is 17.6 Å². The van der Waals surface area contributed by atoms with Gasteiger partial charge in [-0.2, -0.15) is 0 Å². The molecule has 4 nitrogen and oxygen atoms in total. The number of amides is 1. The van der Waals surface area contributed by atoms with Gasteiger partial charge in [-0.3, -0.25) is 4.79 Å². The lowest BCUT2D eigenvalue weighted by atomic mass is 9.83. The zero-order valence-electron chi connectivity index (χ0n) is 12.0. The molecular formula is C15H23ClN2O2. The highest BCUT2D eigenvalue weighted by atomic mass is 35.5. The summed E-state index contributed by atoms with van der Waals surface area (Å²) in [7, 11) is 0. The van der Waals surface area contributed by atoms with Gasteiger partial charge < -0.3 is 15.7 Å². The van der Waals surface area contributed by atoms with Crippen molar-refractivity contribution in [3.63, 3.8) is 0 Å². The van der Waals surface area contributed by atoms with Crippen LogP contribution in [-0.4, -0.2) is 30.6 Å². The first-order chi connectivity index (χ1) is 9.00. The van der Waals surface area contributed by atoms with Crippen LogP contribution in [0.3, 0.4) is 0 Å². The minimum atomic E-state index is -0.201. The number of halogens is 1. The summed E-state index contributed by atoms with van der Waals surface area (Å²) < 4.78 is 0. The molecule has 1 aromatic rings. The third-order valence-electron chi connectivity index (χ3n) is 3.76. The second kappa shape index (κ2) is 6.95. The van der Waals surface area contributed by atoms with Crippen LogP contribution >= 0.6 is 12.4 Å². The van der Waals surface area contributed by atoms with Crippen molar-refractivity contribution in [3.05, 3.63) is 29.3 Å². The summed E-state index contributed by atoms with van der Waals surface area (Å²) >= 11 is 0. The molecule has 1 unspecified atom stereocenters.